The molecule has 4 aromatic rings. The fourth-order valence-corrected chi connectivity index (χ4v) is 3.97. The molecule has 1 aliphatic rings. The fraction of sp³-hybridized carbons (Fsp3) is 0.300. The monoisotopic (exact) mass is 359 g/mol. The van der Waals surface area contributed by atoms with Gasteiger partial charge in [0.05, 0.1) is 6.33 Å². The molecule has 1 atom stereocenters. The largest absolute Gasteiger partial charge is 0.354 e. The van der Waals surface area contributed by atoms with Crippen molar-refractivity contribution in [3.05, 3.63) is 66.8 Å². The predicted molar refractivity (Wildman–Crippen MR) is 104 cm³/mol. The summed E-state index contributed by atoms with van der Waals surface area (Å²) in [5.41, 5.74) is 2.91. The van der Waals surface area contributed by atoms with Crippen molar-refractivity contribution in [1.82, 2.24) is 29.5 Å². The Balaban J connectivity index is 1.41. The number of nitrogens with zero attached hydrogens (tertiary/aromatic N) is 6. The zero-order chi connectivity index (χ0) is 18.1. The highest BCUT2D eigenvalue weighted by Crippen LogP contribution is 2.30. The summed E-state index contributed by atoms with van der Waals surface area (Å²) in [7, 11) is 0. The third-order valence-electron chi connectivity index (χ3n) is 5.23. The van der Waals surface area contributed by atoms with E-state index < -0.39 is 0 Å². The van der Waals surface area contributed by atoms with Crippen LogP contribution in [0.2, 0.25) is 0 Å². The molecule has 0 bridgehead atoms. The maximum Gasteiger partial charge on any atom is 0.182 e. The van der Waals surface area contributed by atoms with Gasteiger partial charge in [-0.1, -0.05) is 30.3 Å². The van der Waals surface area contributed by atoms with E-state index in [0.717, 1.165) is 49.6 Å². The smallest absolute Gasteiger partial charge is 0.182 e. The Kier molecular flexibility index (Phi) is 4.04. The van der Waals surface area contributed by atoms with Crippen molar-refractivity contribution in [2.24, 2.45) is 0 Å². The number of benzene rings is 1. The Morgan fingerprint density at radius 2 is 2.00 bits per heavy atom. The molecule has 1 aromatic carbocycles. The summed E-state index contributed by atoms with van der Waals surface area (Å²) in [6.07, 6.45) is 9.52. The lowest BCUT2D eigenvalue weighted by Crippen LogP contribution is -2.36. The molecule has 7 nitrogen and oxygen atoms in total. The summed E-state index contributed by atoms with van der Waals surface area (Å²) in [5, 5.41) is 0. The van der Waals surface area contributed by atoms with Gasteiger partial charge in [-0.2, -0.15) is 0 Å². The molecule has 0 amide bonds. The summed E-state index contributed by atoms with van der Waals surface area (Å²) in [6.45, 7) is 2.74. The van der Waals surface area contributed by atoms with Gasteiger partial charge < -0.3 is 14.5 Å². The van der Waals surface area contributed by atoms with Crippen LogP contribution in [-0.2, 0) is 6.54 Å². The van der Waals surface area contributed by atoms with Crippen molar-refractivity contribution in [3.63, 3.8) is 0 Å². The van der Waals surface area contributed by atoms with Crippen molar-refractivity contribution < 1.29 is 0 Å². The molecule has 3 aromatic heterocycles. The number of fused-ring (bicyclic) bond motifs is 1. The minimum atomic E-state index is 0.380. The standard InChI is InChI=1S/C20H21N7/c1-2-5-15(6-3-1)11-27-10-8-21-19(27)16-7-4-9-26(12-16)20-17-18(23-13-22-17)24-14-25-20/h1-3,5-6,8,10,13-14,16H,4,7,9,11-12H2,(H,22,23,24,25). The van der Waals surface area contributed by atoms with Crippen molar-refractivity contribution >= 4 is 17.0 Å². The van der Waals surface area contributed by atoms with Gasteiger partial charge in [0.25, 0.3) is 0 Å². The van der Waals surface area contributed by atoms with Gasteiger partial charge in [0, 0.05) is 37.9 Å². The first kappa shape index (κ1) is 16.0. The van der Waals surface area contributed by atoms with Gasteiger partial charge in [0.1, 0.15) is 17.7 Å². The van der Waals surface area contributed by atoms with Crippen molar-refractivity contribution in [2.75, 3.05) is 18.0 Å². The molecule has 7 heteroatoms. The second-order valence-corrected chi connectivity index (χ2v) is 6.98. The number of imidazole rings is 2. The van der Waals surface area contributed by atoms with E-state index in [1.54, 1.807) is 12.7 Å². The number of anilines is 1. The first-order chi connectivity index (χ1) is 13.4. The minimum Gasteiger partial charge on any atom is -0.354 e. The van der Waals surface area contributed by atoms with E-state index >= 15 is 0 Å². The number of hydrogen-bond donors (Lipinski definition) is 1. The Morgan fingerprint density at radius 1 is 1.07 bits per heavy atom. The molecule has 1 saturated heterocycles. The molecule has 1 aliphatic heterocycles. The van der Waals surface area contributed by atoms with Crippen LogP contribution in [-0.4, -0.2) is 42.6 Å². The minimum absolute atomic E-state index is 0.380. The van der Waals surface area contributed by atoms with Gasteiger partial charge in [-0.15, -0.1) is 0 Å². The highest BCUT2D eigenvalue weighted by Gasteiger charge is 2.27. The zero-order valence-corrected chi connectivity index (χ0v) is 15.0. The number of hydrogen-bond acceptors (Lipinski definition) is 5. The molecular weight excluding hydrogens is 338 g/mol. The molecule has 1 unspecified atom stereocenters. The van der Waals surface area contributed by atoms with E-state index in [9.17, 15) is 0 Å². The molecule has 0 saturated carbocycles. The van der Waals surface area contributed by atoms with Crippen LogP contribution in [0.5, 0.6) is 0 Å². The van der Waals surface area contributed by atoms with Crippen molar-refractivity contribution in [3.8, 4) is 0 Å². The molecule has 27 heavy (non-hydrogen) atoms. The third-order valence-corrected chi connectivity index (χ3v) is 5.23. The Bertz CT molecular complexity index is 1040. The Hall–Kier alpha value is -3.22. The highest BCUT2D eigenvalue weighted by molar-refractivity contribution is 5.82. The molecule has 0 spiro atoms. The molecule has 5 rings (SSSR count). The van der Waals surface area contributed by atoms with Crippen molar-refractivity contribution in [2.45, 2.75) is 25.3 Å². The first-order valence-corrected chi connectivity index (χ1v) is 9.32. The molecule has 0 radical (unpaired) electrons. The van der Waals surface area contributed by atoms with Gasteiger partial charge in [0.15, 0.2) is 11.5 Å². The molecule has 1 fully saturated rings. The summed E-state index contributed by atoms with van der Waals surface area (Å²) in [6, 6.07) is 10.5. The van der Waals surface area contributed by atoms with Crippen LogP contribution in [0, 0.1) is 0 Å². The lowest BCUT2D eigenvalue weighted by molar-refractivity contribution is 0.474. The quantitative estimate of drug-likeness (QED) is 0.606. The predicted octanol–water partition coefficient (Wildman–Crippen LogP) is 2.98. The second kappa shape index (κ2) is 6.83. The molecular formula is C20H21N7. The van der Waals surface area contributed by atoms with Crippen LogP contribution >= 0.6 is 0 Å². The summed E-state index contributed by atoms with van der Waals surface area (Å²) < 4.78 is 2.27. The number of aromatic nitrogens is 6. The van der Waals surface area contributed by atoms with Crippen LogP contribution in [0.4, 0.5) is 5.82 Å². The fourth-order valence-electron chi connectivity index (χ4n) is 3.97. The lowest BCUT2D eigenvalue weighted by Gasteiger charge is -2.33. The average molecular weight is 359 g/mol. The van der Waals surface area contributed by atoms with E-state index in [2.05, 4.69) is 65.9 Å². The van der Waals surface area contributed by atoms with Crippen LogP contribution < -0.4 is 4.90 Å². The molecule has 136 valence electrons. The molecule has 1 N–H and O–H groups in total. The average Bonchev–Trinajstić information content (AvgIpc) is 3.38. The van der Waals surface area contributed by atoms with E-state index in [-0.39, 0.29) is 0 Å². The summed E-state index contributed by atoms with van der Waals surface area (Å²) >= 11 is 0. The van der Waals surface area contributed by atoms with E-state index in [1.807, 2.05) is 6.20 Å². The van der Waals surface area contributed by atoms with Crippen LogP contribution in [0.3, 0.4) is 0 Å². The zero-order valence-electron chi connectivity index (χ0n) is 15.0. The SMILES string of the molecule is c1ccc(Cn2ccnc2C2CCCN(c3ncnc4nc[nH]c34)C2)cc1. The summed E-state index contributed by atoms with van der Waals surface area (Å²) in [5.74, 6) is 2.47. The van der Waals surface area contributed by atoms with Gasteiger partial charge in [-0.3, -0.25) is 0 Å². The van der Waals surface area contributed by atoms with Gasteiger partial charge in [-0.25, -0.2) is 19.9 Å². The topological polar surface area (TPSA) is 75.5 Å². The lowest BCUT2D eigenvalue weighted by atomic mass is 9.97. The van der Waals surface area contributed by atoms with E-state index in [0.29, 0.717) is 11.6 Å². The maximum atomic E-state index is 4.70. The number of aromatic amines is 1. The second-order valence-electron chi connectivity index (χ2n) is 6.98. The number of rotatable bonds is 4. The van der Waals surface area contributed by atoms with Gasteiger partial charge in [0.2, 0.25) is 0 Å². The van der Waals surface area contributed by atoms with E-state index in [4.69, 9.17) is 4.98 Å². The summed E-state index contributed by atoms with van der Waals surface area (Å²) in [4.78, 5) is 23.2. The van der Waals surface area contributed by atoms with Crippen LogP contribution in [0.1, 0.15) is 30.1 Å². The highest BCUT2D eigenvalue weighted by atomic mass is 15.2. The maximum absolute atomic E-state index is 4.70. The van der Waals surface area contributed by atoms with Gasteiger partial charge >= 0.3 is 0 Å². The van der Waals surface area contributed by atoms with Gasteiger partial charge in [-0.05, 0) is 18.4 Å². The number of piperidine rings is 1. The van der Waals surface area contributed by atoms with E-state index in [1.165, 1.54) is 5.56 Å². The Morgan fingerprint density at radius 3 is 2.93 bits per heavy atom. The Labute approximate surface area is 157 Å². The van der Waals surface area contributed by atoms with Crippen LogP contribution in [0.15, 0.2) is 55.4 Å². The number of H-pyrrole nitrogens is 1. The third kappa shape index (κ3) is 3.05. The van der Waals surface area contributed by atoms with Crippen molar-refractivity contribution in [1.29, 1.82) is 0 Å². The van der Waals surface area contributed by atoms with Crippen LogP contribution in [0.25, 0.3) is 11.2 Å². The number of nitrogens with one attached hydrogen (secondary N) is 1. The molecule has 0 aliphatic carbocycles. The normalized spacial score (nSPS) is 17.5. The first-order valence-electron chi connectivity index (χ1n) is 9.32. The molecule has 4 heterocycles.